The van der Waals surface area contributed by atoms with Gasteiger partial charge in [0.25, 0.3) is 0 Å². The number of halogens is 1. The highest BCUT2D eigenvalue weighted by atomic mass is 35.5. The largest absolute Gasteiger partial charge is 0.342 e. The number of amides is 2. The van der Waals surface area contributed by atoms with Crippen LogP contribution >= 0.6 is 11.6 Å². The summed E-state index contributed by atoms with van der Waals surface area (Å²) in [5.74, 6) is -0.560. The average molecular weight is 550 g/mol. The number of unbranched alkanes of at least 4 members (excludes halogenated alkanes) is 2. The molecule has 0 saturated carbocycles. The molecule has 0 radical (unpaired) electrons. The van der Waals surface area contributed by atoms with Gasteiger partial charge in [-0.15, -0.1) is 11.6 Å². The number of aldehydes is 1. The summed E-state index contributed by atoms with van der Waals surface area (Å²) in [6.07, 6.45) is 6.84. The molecule has 9 heteroatoms. The number of nitrogens with zero attached hydrogens (tertiary/aromatic N) is 1. The Morgan fingerprint density at radius 3 is 2.21 bits per heavy atom. The number of carbonyl (C=O) groups is 5. The van der Waals surface area contributed by atoms with E-state index < -0.39 is 17.5 Å². The highest BCUT2D eigenvalue weighted by molar-refractivity contribution is 6.27. The van der Waals surface area contributed by atoms with Gasteiger partial charge < -0.3 is 20.3 Å². The molecular formula is C29H44ClN3O5. The minimum Gasteiger partial charge on any atom is -0.342 e. The molecule has 2 rings (SSSR count). The molecule has 0 aromatic heterocycles. The molecular weight excluding hydrogens is 506 g/mol. The lowest BCUT2D eigenvalue weighted by atomic mass is 9.98. The molecule has 1 aliphatic rings. The summed E-state index contributed by atoms with van der Waals surface area (Å²) in [6.45, 7) is 6.62. The first-order valence-electron chi connectivity index (χ1n) is 13.4. The highest BCUT2D eigenvalue weighted by Gasteiger charge is 2.32. The molecule has 1 aromatic rings. The summed E-state index contributed by atoms with van der Waals surface area (Å²) in [5, 5.41) is 5.92. The molecule has 1 saturated heterocycles. The third kappa shape index (κ3) is 12.3. The van der Waals surface area contributed by atoms with Gasteiger partial charge in [0, 0.05) is 25.9 Å². The van der Waals surface area contributed by atoms with Crippen molar-refractivity contribution < 1.29 is 24.0 Å². The van der Waals surface area contributed by atoms with E-state index in [9.17, 15) is 24.0 Å². The van der Waals surface area contributed by atoms with Gasteiger partial charge in [0.15, 0.2) is 0 Å². The van der Waals surface area contributed by atoms with E-state index in [4.69, 9.17) is 11.6 Å². The smallest absolute Gasteiger partial charge is 0.245 e. The minimum atomic E-state index is -0.708. The van der Waals surface area contributed by atoms with E-state index in [2.05, 4.69) is 10.6 Å². The summed E-state index contributed by atoms with van der Waals surface area (Å²) in [6, 6.07) is 9.30. The van der Waals surface area contributed by atoms with Gasteiger partial charge in [0.1, 0.15) is 23.9 Å². The van der Waals surface area contributed by atoms with Crippen molar-refractivity contribution in [3.63, 3.8) is 0 Å². The average Bonchev–Trinajstić information content (AvgIpc) is 3.45. The van der Waals surface area contributed by atoms with Crippen LogP contribution < -0.4 is 10.6 Å². The van der Waals surface area contributed by atoms with Gasteiger partial charge in [0.2, 0.25) is 11.8 Å². The van der Waals surface area contributed by atoms with Crippen LogP contribution in [0.2, 0.25) is 0 Å². The molecule has 0 spiro atoms. The van der Waals surface area contributed by atoms with Crippen LogP contribution in [0.4, 0.5) is 0 Å². The van der Waals surface area contributed by atoms with E-state index in [1.54, 1.807) is 7.05 Å². The first kappa shape index (κ1) is 33.4. The molecule has 2 atom stereocenters. The zero-order valence-corrected chi connectivity index (χ0v) is 24.0. The zero-order valence-electron chi connectivity index (χ0n) is 23.3. The Morgan fingerprint density at radius 1 is 1.05 bits per heavy atom. The highest BCUT2D eigenvalue weighted by Crippen LogP contribution is 2.14. The van der Waals surface area contributed by atoms with E-state index in [1.807, 2.05) is 49.1 Å². The minimum absolute atomic E-state index is 0.0200. The fourth-order valence-corrected chi connectivity index (χ4v) is 4.09. The normalized spacial score (nSPS) is 14.6. The van der Waals surface area contributed by atoms with Crippen molar-refractivity contribution in [1.29, 1.82) is 0 Å². The summed E-state index contributed by atoms with van der Waals surface area (Å²) >= 11 is 5.34. The number of benzene rings is 1. The van der Waals surface area contributed by atoms with Crippen molar-refractivity contribution in [2.45, 2.75) is 83.7 Å². The summed E-state index contributed by atoms with van der Waals surface area (Å²) < 4.78 is 0. The number of alkyl halides is 1. The SMILES string of the molecule is CC(=O)[C@H](C=O)CCCCCC(=O)CCl.CNC(C)(C)C(=O)N[C@@H](Cc1ccccc1)C(=O)N1CCCC1. The summed E-state index contributed by atoms with van der Waals surface area (Å²) in [4.78, 5) is 59.3. The van der Waals surface area contributed by atoms with Crippen molar-refractivity contribution in [3.05, 3.63) is 35.9 Å². The molecule has 1 aliphatic heterocycles. The van der Waals surface area contributed by atoms with Crippen LogP contribution in [0, 0.1) is 5.92 Å². The molecule has 0 unspecified atom stereocenters. The van der Waals surface area contributed by atoms with Crippen LogP contribution in [0.3, 0.4) is 0 Å². The molecule has 0 aliphatic carbocycles. The quantitative estimate of drug-likeness (QED) is 0.150. The van der Waals surface area contributed by atoms with Crippen LogP contribution in [0.25, 0.3) is 0 Å². The number of likely N-dealkylation sites (tertiary alicyclic amines) is 1. The van der Waals surface area contributed by atoms with Crippen molar-refractivity contribution in [2.24, 2.45) is 5.92 Å². The molecule has 212 valence electrons. The fourth-order valence-electron chi connectivity index (χ4n) is 3.96. The Kier molecular flexibility index (Phi) is 15.7. The second kappa shape index (κ2) is 17.8. The van der Waals surface area contributed by atoms with Gasteiger partial charge in [-0.05, 0) is 59.1 Å². The van der Waals surface area contributed by atoms with Crippen LogP contribution in [-0.2, 0) is 30.4 Å². The van der Waals surface area contributed by atoms with Gasteiger partial charge in [0.05, 0.1) is 17.3 Å². The van der Waals surface area contributed by atoms with Crippen LogP contribution in [0.5, 0.6) is 0 Å². The Hall–Kier alpha value is -2.58. The Bertz CT molecular complexity index is 901. The Morgan fingerprint density at radius 2 is 1.68 bits per heavy atom. The second-order valence-corrected chi connectivity index (χ2v) is 10.5. The number of carbonyl (C=O) groups excluding carboxylic acids is 5. The number of hydrogen-bond donors (Lipinski definition) is 2. The van der Waals surface area contributed by atoms with Crippen molar-refractivity contribution >= 4 is 41.3 Å². The van der Waals surface area contributed by atoms with Crippen LogP contribution in [0.1, 0.15) is 71.3 Å². The predicted octanol–water partition coefficient (Wildman–Crippen LogP) is 3.48. The van der Waals surface area contributed by atoms with Crippen LogP contribution in [-0.4, -0.2) is 72.2 Å². The summed E-state index contributed by atoms with van der Waals surface area (Å²) in [5.41, 5.74) is 0.341. The lowest BCUT2D eigenvalue weighted by Crippen LogP contribution is -2.57. The number of hydrogen-bond acceptors (Lipinski definition) is 6. The van der Waals surface area contributed by atoms with E-state index in [-0.39, 0.29) is 29.3 Å². The third-order valence-corrected chi connectivity index (χ3v) is 7.10. The number of ketones is 2. The monoisotopic (exact) mass is 549 g/mol. The number of Topliss-reactive ketones (excluding diaryl/α,β-unsaturated/α-hetero) is 2. The van der Waals surface area contributed by atoms with Gasteiger partial charge >= 0.3 is 0 Å². The number of rotatable bonds is 15. The Balaban J connectivity index is 0.000000420. The lowest BCUT2D eigenvalue weighted by Gasteiger charge is -2.29. The maximum atomic E-state index is 12.8. The van der Waals surface area contributed by atoms with E-state index >= 15 is 0 Å². The van der Waals surface area contributed by atoms with Gasteiger partial charge in [-0.2, -0.15) is 0 Å². The number of nitrogens with one attached hydrogen (secondary N) is 2. The van der Waals surface area contributed by atoms with Crippen molar-refractivity contribution in [3.8, 4) is 0 Å². The molecule has 2 N–H and O–H groups in total. The molecule has 2 amide bonds. The van der Waals surface area contributed by atoms with E-state index in [0.29, 0.717) is 25.5 Å². The standard InChI is InChI=1S/C18H27N3O2.C11H17ClO3/c1-18(2,19-3)17(23)20-15(13-14-9-5-4-6-10-14)16(22)21-11-7-8-12-21;1-9(14)10(8-13)5-3-2-4-6-11(15)7-12/h4-6,9-10,15,19H,7-8,11-13H2,1-3H3,(H,20,23);8,10H,2-7H2,1H3/t15-;10-/m00/s1. The van der Waals surface area contributed by atoms with E-state index in [1.165, 1.54) is 6.92 Å². The van der Waals surface area contributed by atoms with Gasteiger partial charge in [-0.1, -0.05) is 43.2 Å². The second-order valence-electron chi connectivity index (χ2n) is 10.2. The molecule has 1 fully saturated rings. The molecule has 0 bridgehead atoms. The van der Waals surface area contributed by atoms with Crippen molar-refractivity contribution in [1.82, 2.24) is 15.5 Å². The predicted molar refractivity (Wildman–Crippen MR) is 150 cm³/mol. The first-order valence-corrected chi connectivity index (χ1v) is 13.9. The topological polar surface area (TPSA) is 113 Å². The zero-order chi connectivity index (χ0) is 28.6. The van der Waals surface area contributed by atoms with Crippen molar-refractivity contribution in [2.75, 3.05) is 26.0 Å². The van der Waals surface area contributed by atoms with E-state index in [0.717, 1.165) is 50.8 Å². The van der Waals surface area contributed by atoms with Gasteiger partial charge in [-0.3, -0.25) is 19.2 Å². The molecule has 38 heavy (non-hydrogen) atoms. The molecule has 1 heterocycles. The fraction of sp³-hybridized carbons (Fsp3) is 0.621. The first-order chi connectivity index (χ1) is 18.0. The molecule has 1 aromatic carbocycles. The number of likely N-dealkylation sites (N-methyl/N-ethyl adjacent to an activating group) is 1. The maximum Gasteiger partial charge on any atom is 0.245 e. The summed E-state index contributed by atoms with van der Waals surface area (Å²) in [7, 11) is 1.74. The third-order valence-electron chi connectivity index (χ3n) is 6.80. The molecule has 8 nitrogen and oxygen atoms in total. The Labute approximate surface area is 232 Å². The van der Waals surface area contributed by atoms with Crippen LogP contribution in [0.15, 0.2) is 30.3 Å². The lowest BCUT2D eigenvalue weighted by molar-refractivity contribution is -0.137. The maximum absolute atomic E-state index is 12.8. The van der Waals surface area contributed by atoms with Gasteiger partial charge in [-0.25, -0.2) is 0 Å².